The summed E-state index contributed by atoms with van der Waals surface area (Å²) in [7, 11) is 0. The molecule has 2 rings (SSSR count). The third kappa shape index (κ3) is 4.56. The molecular weight excluding hydrogens is 282 g/mol. The van der Waals surface area contributed by atoms with E-state index < -0.39 is 0 Å². The minimum absolute atomic E-state index is 0.00559. The van der Waals surface area contributed by atoms with Crippen molar-refractivity contribution >= 4 is 17.7 Å². The Bertz CT molecular complexity index is 683. The summed E-state index contributed by atoms with van der Waals surface area (Å²) in [4.78, 5) is 14.3. The molecule has 2 aromatic rings. The largest absolute Gasteiger partial charge is 0.309 e. The monoisotopic (exact) mass is 307 g/mol. The van der Waals surface area contributed by atoms with Crippen molar-refractivity contribution in [1.29, 1.82) is 0 Å². The SMILES string of the molecule is CCN(C(=O)/C=C/c1ccc(C(C)C)cc1)c1cccc(C)c1. The van der Waals surface area contributed by atoms with Gasteiger partial charge in [-0.1, -0.05) is 50.2 Å². The van der Waals surface area contributed by atoms with Crippen LogP contribution in [-0.2, 0) is 4.79 Å². The molecule has 1 amide bonds. The van der Waals surface area contributed by atoms with Crippen molar-refractivity contribution in [2.45, 2.75) is 33.6 Å². The zero-order valence-electron chi connectivity index (χ0n) is 14.4. The van der Waals surface area contributed by atoms with E-state index in [-0.39, 0.29) is 5.91 Å². The van der Waals surface area contributed by atoms with Crippen LogP contribution in [0.25, 0.3) is 6.08 Å². The molecule has 2 nitrogen and oxygen atoms in total. The zero-order chi connectivity index (χ0) is 16.8. The maximum Gasteiger partial charge on any atom is 0.250 e. The van der Waals surface area contributed by atoms with E-state index in [4.69, 9.17) is 0 Å². The van der Waals surface area contributed by atoms with E-state index in [0.717, 1.165) is 16.8 Å². The van der Waals surface area contributed by atoms with Crippen LogP contribution in [0.3, 0.4) is 0 Å². The molecule has 0 heterocycles. The average molecular weight is 307 g/mol. The summed E-state index contributed by atoms with van der Waals surface area (Å²) in [5.74, 6) is 0.526. The van der Waals surface area contributed by atoms with Gasteiger partial charge >= 0.3 is 0 Å². The highest BCUT2D eigenvalue weighted by Crippen LogP contribution is 2.18. The zero-order valence-corrected chi connectivity index (χ0v) is 14.4. The minimum Gasteiger partial charge on any atom is -0.309 e. The Morgan fingerprint density at radius 1 is 1.13 bits per heavy atom. The molecule has 0 radical (unpaired) electrons. The van der Waals surface area contributed by atoms with E-state index in [1.807, 2.05) is 44.2 Å². The predicted octanol–water partition coefficient (Wildman–Crippen LogP) is 5.18. The van der Waals surface area contributed by atoms with E-state index >= 15 is 0 Å². The molecule has 0 aliphatic carbocycles. The Morgan fingerprint density at radius 2 is 1.83 bits per heavy atom. The fourth-order valence-electron chi connectivity index (χ4n) is 2.51. The second-order valence-electron chi connectivity index (χ2n) is 6.08. The number of anilines is 1. The van der Waals surface area contributed by atoms with E-state index in [0.29, 0.717) is 12.5 Å². The fourth-order valence-corrected chi connectivity index (χ4v) is 2.51. The van der Waals surface area contributed by atoms with Crippen LogP contribution in [0.5, 0.6) is 0 Å². The second-order valence-corrected chi connectivity index (χ2v) is 6.08. The highest BCUT2D eigenvalue weighted by molar-refractivity contribution is 6.03. The molecule has 0 saturated heterocycles. The van der Waals surface area contributed by atoms with Crippen molar-refractivity contribution in [3.8, 4) is 0 Å². The highest BCUT2D eigenvalue weighted by Gasteiger charge is 2.10. The Labute approximate surface area is 139 Å². The molecule has 0 bridgehead atoms. The first-order valence-electron chi connectivity index (χ1n) is 8.17. The summed E-state index contributed by atoms with van der Waals surface area (Å²) in [6, 6.07) is 16.4. The van der Waals surface area contributed by atoms with Gasteiger partial charge in [-0.15, -0.1) is 0 Å². The fraction of sp³-hybridized carbons (Fsp3) is 0.286. The number of nitrogens with zero attached hydrogens (tertiary/aromatic N) is 1. The molecule has 0 aliphatic rings. The summed E-state index contributed by atoms with van der Waals surface area (Å²) in [5, 5.41) is 0. The normalized spacial score (nSPS) is 11.2. The van der Waals surface area contributed by atoms with Crippen molar-refractivity contribution in [2.75, 3.05) is 11.4 Å². The third-order valence-electron chi connectivity index (χ3n) is 3.92. The average Bonchev–Trinajstić information content (AvgIpc) is 2.54. The van der Waals surface area contributed by atoms with Crippen LogP contribution in [-0.4, -0.2) is 12.5 Å². The van der Waals surface area contributed by atoms with Gasteiger partial charge in [-0.25, -0.2) is 0 Å². The molecule has 0 saturated carbocycles. The molecule has 0 spiro atoms. The van der Waals surface area contributed by atoms with Gasteiger partial charge in [0.15, 0.2) is 0 Å². The predicted molar refractivity (Wildman–Crippen MR) is 98.8 cm³/mol. The maximum atomic E-state index is 12.5. The molecule has 23 heavy (non-hydrogen) atoms. The number of hydrogen-bond donors (Lipinski definition) is 0. The smallest absolute Gasteiger partial charge is 0.250 e. The van der Waals surface area contributed by atoms with Gasteiger partial charge in [0.1, 0.15) is 0 Å². The van der Waals surface area contributed by atoms with Crippen LogP contribution in [0.2, 0.25) is 0 Å². The number of rotatable bonds is 5. The molecule has 2 aromatic carbocycles. The second kappa shape index (κ2) is 7.77. The van der Waals surface area contributed by atoms with Crippen LogP contribution in [0.4, 0.5) is 5.69 Å². The van der Waals surface area contributed by atoms with Gasteiger partial charge in [0.05, 0.1) is 0 Å². The van der Waals surface area contributed by atoms with Gasteiger partial charge in [-0.2, -0.15) is 0 Å². The molecule has 0 aliphatic heterocycles. The number of carbonyl (C=O) groups excluding carboxylic acids is 1. The number of carbonyl (C=O) groups is 1. The van der Waals surface area contributed by atoms with Crippen LogP contribution < -0.4 is 4.90 Å². The number of likely N-dealkylation sites (N-methyl/N-ethyl adjacent to an activating group) is 1. The molecule has 0 N–H and O–H groups in total. The minimum atomic E-state index is 0.00559. The Kier molecular flexibility index (Phi) is 5.75. The first kappa shape index (κ1) is 17.0. The quantitative estimate of drug-likeness (QED) is 0.697. The third-order valence-corrected chi connectivity index (χ3v) is 3.92. The van der Waals surface area contributed by atoms with E-state index in [2.05, 4.69) is 38.1 Å². The number of aryl methyl sites for hydroxylation is 1. The number of hydrogen-bond acceptors (Lipinski definition) is 1. The van der Waals surface area contributed by atoms with Gasteiger partial charge in [-0.05, 0) is 54.7 Å². The maximum absolute atomic E-state index is 12.5. The van der Waals surface area contributed by atoms with Crippen molar-refractivity contribution in [1.82, 2.24) is 0 Å². The van der Waals surface area contributed by atoms with Crippen molar-refractivity contribution in [2.24, 2.45) is 0 Å². The lowest BCUT2D eigenvalue weighted by Crippen LogP contribution is -2.28. The first-order valence-corrected chi connectivity index (χ1v) is 8.17. The standard InChI is InChI=1S/C21H25NO/c1-5-22(20-8-6-7-17(4)15-20)21(23)14-11-18-9-12-19(13-10-18)16(2)3/h6-16H,5H2,1-4H3/b14-11+. The van der Waals surface area contributed by atoms with Gasteiger partial charge in [0.2, 0.25) is 0 Å². The molecule has 0 fully saturated rings. The van der Waals surface area contributed by atoms with Crippen LogP contribution in [0, 0.1) is 6.92 Å². The van der Waals surface area contributed by atoms with Gasteiger partial charge < -0.3 is 4.90 Å². The van der Waals surface area contributed by atoms with Gasteiger partial charge in [0, 0.05) is 18.3 Å². The highest BCUT2D eigenvalue weighted by atomic mass is 16.2. The van der Waals surface area contributed by atoms with E-state index in [1.165, 1.54) is 5.56 Å². The summed E-state index contributed by atoms with van der Waals surface area (Å²) in [6.45, 7) is 9.03. The number of amides is 1. The summed E-state index contributed by atoms with van der Waals surface area (Å²) in [5.41, 5.74) is 4.45. The lowest BCUT2D eigenvalue weighted by Gasteiger charge is -2.19. The summed E-state index contributed by atoms with van der Waals surface area (Å²) in [6.07, 6.45) is 3.53. The number of benzene rings is 2. The van der Waals surface area contributed by atoms with Crippen molar-refractivity contribution in [3.63, 3.8) is 0 Å². The molecule has 0 unspecified atom stereocenters. The van der Waals surface area contributed by atoms with Crippen molar-refractivity contribution < 1.29 is 4.79 Å². The molecular formula is C21H25NO. The summed E-state index contributed by atoms with van der Waals surface area (Å²) >= 11 is 0. The first-order chi connectivity index (χ1) is 11.0. The summed E-state index contributed by atoms with van der Waals surface area (Å²) < 4.78 is 0. The molecule has 0 aromatic heterocycles. The lowest BCUT2D eigenvalue weighted by molar-refractivity contribution is -0.114. The van der Waals surface area contributed by atoms with E-state index in [9.17, 15) is 4.79 Å². The van der Waals surface area contributed by atoms with E-state index in [1.54, 1.807) is 11.0 Å². The molecule has 2 heteroatoms. The molecule has 0 atom stereocenters. The van der Waals surface area contributed by atoms with Crippen LogP contribution in [0.1, 0.15) is 43.4 Å². The lowest BCUT2D eigenvalue weighted by atomic mass is 10.0. The van der Waals surface area contributed by atoms with Gasteiger partial charge in [0.25, 0.3) is 5.91 Å². The Hall–Kier alpha value is -2.35. The van der Waals surface area contributed by atoms with Gasteiger partial charge in [-0.3, -0.25) is 4.79 Å². The topological polar surface area (TPSA) is 20.3 Å². The molecule has 120 valence electrons. The Morgan fingerprint density at radius 3 is 2.39 bits per heavy atom. The van der Waals surface area contributed by atoms with Crippen molar-refractivity contribution in [3.05, 3.63) is 71.3 Å². The van der Waals surface area contributed by atoms with Crippen LogP contribution in [0.15, 0.2) is 54.6 Å². The Balaban J connectivity index is 2.12. The van der Waals surface area contributed by atoms with Crippen LogP contribution >= 0.6 is 0 Å².